The van der Waals surface area contributed by atoms with Gasteiger partial charge in [0.25, 0.3) is 0 Å². The smallest absolute Gasteiger partial charge is 0.142 e. The molecule has 1 aromatic carbocycles. The number of hydrogen-bond acceptors (Lipinski definition) is 2. The van der Waals surface area contributed by atoms with Crippen LogP contribution in [0.3, 0.4) is 0 Å². The van der Waals surface area contributed by atoms with E-state index in [0.29, 0.717) is 10.0 Å². The number of nitrogens with two attached hydrogens (primary N) is 1. The van der Waals surface area contributed by atoms with Crippen molar-refractivity contribution in [1.82, 2.24) is 5.43 Å². The summed E-state index contributed by atoms with van der Waals surface area (Å²) in [6.45, 7) is 0. The summed E-state index contributed by atoms with van der Waals surface area (Å²) < 4.78 is 14.5. The number of hydrazine groups is 1. The summed E-state index contributed by atoms with van der Waals surface area (Å²) in [5, 5.41) is 0. The van der Waals surface area contributed by atoms with Crippen LogP contribution >= 0.6 is 15.9 Å². The van der Waals surface area contributed by atoms with Crippen LogP contribution in [0, 0.1) is 5.82 Å². The molecule has 4 heteroatoms. The average molecular weight is 313 g/mol. The van der Waals surface area contributed by atoms with Crippen LogP contribution in [0.4, 0.5) is 4.39 Å². The fourth-order valence-electron chi connectivity index (χ4n) is 2.40. The van der Waals surface area contributed by atoms with Crippen molar-refractivity contribution in [2.24, 2.45) is 5.84 Å². The first-order chi connectivity index (χ1) is 8.72. The quantitative estimate of drug-likeness (QED) is 0.501. The normalized spacial score (nSPS) is 17.4. The minimum Gasteiger partial charge on any atom is -0.271 e. The van der Waals surface area contributed by atoms with Crippen LogP contribution in [-0.4, -0.2) is 0 Å². The Balaban J connectivity index is 2.17. The summed E-state index contributed by atoms with van der Waals surface area (Å²) in [6.07, 6.45) is 7.77. The second-order valence-corrected chi connectivity index (χ2v) is 5.53. The highest BCUT2D eigenvalue weighted by atomic mass is 79.9. The Bertz CT molecular complexity index is 445. The van der Waals surface area contributed by atoms with Crippen LogP contribution in [0.1, 0.15) is 43.7 Å². The highest BCUT2D eigenvalue weighted by Crippen LogP contribution is 2.30. The highest BCUT2D eigenvalue weighted by Gasteiger charge is 2.18. The average Bonchev–Trinajstić information content (AvgIpc) is 2.41. The summed E-state index contributed by atoms with van der Waals surface area (Å²) >= 11 is 3.21. The minimum absolute atomic E-state index is 0.160. The molecule has 2 nitrogen and oxygen atoms in total. The third kappa shape index (κ3) is 3.19. The van der Waals surface area contributed by atoms with E-state index in [-0.39, 0.29) is 11.9 Å². The molecule has 0 aromatic heterocycles. The molecule has 0 spiro atoms. The van der Waals surface area contributed by atoms with Gasteiger partial charge in [0.1, 0.15) is 5.82 Å². The van der Waals surface area contributed by atoms with Crippen LogP contribution < -0.4 is 11.3 Å². The zero-order chi connectivity index (χ0) is 13.0. The molecule has 3 N–H and O–H groups in total. The monoisotopic (exact) mass is 312 g/mol. The van der Waals surface area contributed by atoms with Gasteiger partial charge in [0.2, 0.25) is 0 Å². The van der Waals surface area contributed by atoms with E-state index in [9.17, 15) is 4.39 Å². The number of nitrogens with one attached hydrogen (secondary N) is 1. The lowest BCUT2D eigenvalue weighted by Crippen LogP contribution is -2.29. The van der Waals surface area contributed by atoms with Crippen LogP contribution in [0.5, 0.6) is 0 Å². The first-order valence-corrected chi connectivity index (χ1v) is 7.09. The van der Waals surface area contributed by atoms with E-state index in [1.807, 2.05) is 6.07 Å². The molecular formula is C14H18BrFN2. The Morgan fingerprint density at radius 3 is 2.89 bits per heavy atom. The highest BCUT2D eigenvalue weighted by molar-refractivity contribution is 9.10. The Morgan fingerprint density at radius 1 is 1.39 bits per heavy atom. The number of halogens is 2. The Hall–Kier alpha value is -0.710. The van der Waals surface area contributed by atoms with Crippen molar-refractivity contribution in [3.05, 3.63) is 45.7 Å². The maximum Gasteiger partial charge on any atom is 0.142 e. The second kappa shape index (κ2) is 6.45. The van der Waals surface area contributed by atoms with Gasteiger partial charge in [-0.15, -0.1) is 0 Å². The summed E-state index contributed by atoms with van der Waals surface area (Å²) in [7, 11) is 0. The van der Waals surface area contributed by atoms with Gasteiger partial charge in [-0.3, -0.25) is 11.3 Å². The molecule has 1 aliphatic rings. The zero-order valence-corrected chi connectivity index (χ0v) is 11.8. The fraction of sp³-hybridized carbons (Fsp3) is 0.429. The zero-order valence-electron chi connectivity index (χ0n) is 10.3. The molecule has 0 bridgehead atoms. The molecule has 0 saturated heterocycles. The molecule has 0 radical (unpaired) electrons. The van der Waals surface area contributed by atoms with Gasteiger partial charge in [0, 0.05) is 5.56 Å². The van der Waals surface area contributed by atoms with Crippen LogP contribution in [0.15, 0.2) is 34.3 Å². The molecule has 0 amide bonds. The van der Waals surface area contributed by atoms with Crippen molar-refractivity contribution in [3.8, 4) is 0 Å². The molecule has 0 fully saturated rings. The predicted octanol–water partition coefficient (Wildman–Crippen LogP) is 3.98. The standard InChI is InChI=1S/C14H18BrFN2/c15-12-8-4-7-11(14(12)16)13(18-17)9-10-5-2-1-3-6-10/h4-5,7-8,13,18H,1-3,6,9,17H2. The van der Waals surface area contributed by atoms with E-state index in [1.165, 1.54) is 18.4 Å². The maximum atomic E-state index is 14.0. The van der Waals surface area contributed by atoms with Crippen molar-refractivity contribution in [2.45, 2.75) is 38.1 Å². The van der Waals surface area contributed by atoms with Gasteiger partial charge < -0.3 is 0 Å². The van der Waals surface area contributed by atoms with E-state index in [2.05, 4.69) is 27.4 Å². The molecule has 0 heterocycles. The van der Waals surface area contributed by atoms with Gasteiger partial charge in [-0.1, -0.05) is 23.8 Å². The van der Waals surface area contributed by atoms with Crippen LogP contribution in [0.2, 0.25) is 0 Å². The lowest BCUT2D eigenvalue weighted by molar-refractivity contribution is 0.495. The summed E-state index contributed by atoms with van der Waals surface area (Å²) in [5.41, 5.74) is 4.73. The lowest BCUT2D eigenvalue weighted by atomic mass is 9.91. The Kier molecular flexibility index (Phi) is 4.92. The Morgan fingerprint density at radius 2 is 2.22 bits per heavy atom. The molecule has 0 aliphatic heterocycles. The number of hydrogen-bond donors (Lipinski definition) is 2. The van der Waals surface area contributed by atoms with Gasteiger partial charge in [-0.25, -0.2) is 4.39 Å². The van der Waals surface area contributed by atoms with E-state index in [1.54, 1.807) is 12.1 Å². The van der Waals surface area contributed by atoms with Crippen molar-refractivity contribution >= 4 is 15.9 Å². The summed E-state index contributed by atoms with van der Waals surface area (Å²) in [6, 6.07) is 5.16. The molecule has 1 aromatic rings. The molecular weight excluding hydrogens is 295 g/mol. The van der Waals surface area contributed by atoms with E-state index in [4.69, 9.17) is 5.84 Å². The molecule has 18 heavy (non-hydrogen) atoms. The molecule has 0 saturated carbocycles. The van der Waals surface area contributed by atoms with Gasteiger partial charge >= 0.3 is 0 Å². The first kappa shape index (κ1) is 13.7. The lowest BCUT2D eigenvalue weighted by Gasteiger charge is -2.21. The van der Waals surface area contributed by atoms with Crippen molar-refractivity contribution in [2.75, 3.05) is 0 Å². The molecule has 1 atom stereocenters. The summed E-state index contributed by atoms with van der Waals surface area (Å²) in [5.74, 6) is 5.36. The molecule has 1 aliphatic carbocycles. The molecule has 98 valence electrons. The second-order valence-electron chi connectivity index (χ2n) is 4.67. The topological polar surface area (TPSA) is 38.0 Å². The summed E-state index contributed by atoms with van der Waals surface area (Å²) in [4.78, 5) is 0. The SMILES string of the molecule is NNC(CC1=CCCCC1)c1cccc(Br)c1F. The first-order valence-electron chi connectivity index (χ1n) is 6.30. The molecule has 1 unspecified atom stereocenters. The van der Waals surface area contributed by atoms with E-state index in [0.717, 1.165) is 19.3 Å². The van der Waals surface area contributed by atoms with Crippen molar-refractivity contribution < 1.29 is 4.39 Å². The van der Waals surface area contributed by atoms with E-state index >= 15 is 0 Å². The van der Waals surface area contributed by atoms with Crippen molar-refractivity contribution in [3.63, 3.8) is 0 Å². The third-order valence-electron chi connectivity index (χ3n) is 3.41. The maximum absolute atomic E-state index is 14.0. The van der Waals surface area contributed by atoms with Gasteiger partial charge in [-0.05, 0) is 54.1 Å². The largest absolute Gasteiger partial charge is 0.271 e. The predicted molar refractivity (Wildman–Crippen MR) is 75.3 cm³/mol. The third-order valence-corrected chi connectivity index (χ3v) is 4.02. The molecule has 2 rings (SSSR count). The van der Waals surface area contributed by atoms with Crippen LogP contribution in [-0.2, 0) is 0 Å². The fourth-order valence-corrected chi connectivity index (χ4v) is 2.78. The van der Waals surface area contributed by atoms with Crippen LogP contribution in [0.25, 0.3) is 0 Å². The number of allylic oxidation sites excluding steroid dienone is 1. The Labute approximate surface area is 116 Å². The van der Waals surface area contributed by atoms with E-state index < -0.39 is 0 Å². The van der Waals surface area contributed by atoms with Gasteiger partial charge in [0.05, 0.1) is 10.5 Å². The number of benzene rings is 1. The number of rotatable bonds is 4. The van der Waals surface area contributed by atoms with Crippen molar-refractivity contribution in [1.29, 1.82) is 0 Å². The minimum atomic E-state index is -0.225. The van der Waals surface area contributed by atoms with Gasteiger partial charge in [0.15, 0.2) is 0 Å². The van der Waals surface area contributed by atoms with Gasteiger partial charge in [-0.2, -0.15) is 0 Å².